The van der Waals surface area contributed by atoms with Gasteiger partial charge in [-0.05, 0) is 44.6 Å². The van der Waals surface area contributed by atoms with Crippen LogP contribution in [0.15, 0.2) is 33.7 Å². The van der Waals surface area contributed by atoms with E-state index >= 15 is 0 Å². The third-order valence-corrected chi connectivity index (χ3v) is 3.91. The first-order chi connectivity index (χ1) is 8.24. The van der Waals surface area contributed by atoms with E-state index in [2.05, 4.69) is 26.3 Å². The van der Waals surface area contributed by atoms with Gasteiger partial charge < -0.3 is 4.74 Å². The first-order valence-electron chi connectivity index (χ1n) is 4.93. The Kier molecular flexibility index (Phi) is 4.11. The van der Waals surface area contributed by atoms with E-state index in [4.69, 9.17) is 10.6 Å². The van der Waals surface area contributed by atoms with Gasteiger partial charge in [-0.1, -0.05) is 0 Å². The van der Waals surface area contributed by atoms with Gasteiger partial charge in [-0.3, -0.25) is 10.8 Å². The van der Waals surface area contributed by atoms with E-state index < -0.39 is 0 Å². The number of rotatable bonds is 4. The van der Waals surface area contributed by atoms with Crippen molar-refractivity contribution in [3.8, 4) is 5.75 Å². The minimum atomic E-state index is -0.0832. The molecule has 90 valence electrons. The van der Waals surface area contributed by atoms with Gasteiger partial charge in [-0.2, -0.15) is 0 Å². The highest BCUT2D eigenvalue weighted by Gasteiger charge is 2.14. The molecule has 0 aromatic carbocycles. The summed E-state index contributed by atoms with van der Waals surface area (Å²) < 4.78 is 6.23. The normalized spacial score (nSPS) is 12.4. The van der Waals surface area contributed by atoms with E-state index in [1.54, 1.807) is 30.8 Å². The van der Waals surface area contributed by atoms with Crippen LogP contribution >= 0.6 is 27.3 Å². The molecule has 0 amide bonds. The number of nitrogens with zero attached hydrogens (tertiary/aromatic N) is 1. The summed E-state index contributed by atoms with van der Waals surface area (Å²) in [6, 6.07) is 3.87. The van der Waals surface area contributed by atoms with Crippen molar-refractivity contribution < 1.29 is 4.74 Å². The fourth-order valence-corrected chi connectivity index (χ4v) is 2.77. The molecule has 0 radical (unpaired) electrons. The predicted octanol–water partition coefficient (Wildman–Crippen LogP) is 2.47. The first kappa shape index (κ1) is 12.5. The quantitative estimate of drug-likeness (QED) is 0.672. The standard InChI is InChI=1S/C11H12BrN3OS/c1-16-9-2-7(4-14-5-9)11(15-13)8-3-10(12)17-6-8/h2-6,11,15H,13H2,1H3. The zero-order valence-electron chi connectivity index (χ0n) is 9.18. The van der Waals surface area contributed by atoms with E-state index in [1.165, 1.54) is 0 Å². The van der Waals surface area contributed by atoms with E-state index in [1.807, 2.05) is 17.5 Å². The van der Waals surface area contributed by atoms with E-state index in [0.29, 0.717) is 0 Å². The van der Waals surface area contributed by atoms with Crippen molar-refractivity contribution >= 4 is 27.3 Å². The average molecular weight is 314 g/mol. The van der Waals surface area contributed by atoms with Crippen molar-refractivity contribution in [1.29, 1.82) is 0 Å². The van der Waals surface area contributed by atoms with Gasteiger partial charge in [0.25, 0.3) is 0 Å². The van der Waals surface area contributed by atoms with Gasteiger partial charge in [0.2, 0.25) is 0 Å². The zero-order chi connectivity index (χ0) is 12.3. The summed E-state index contributed by atoms with van der Waals surface area (Å²) in [7, 11) is 1.62. The second kappa shape index (κ2) is 5.59. The summed E-state index contributed by atoms with van der Waals surface area (Å²) in [4.78, 5) is 4.13. The Morgan fingerprint density at radius 1 is 1.41 bits per heavy atom. The molecule has 0 aliphatic rings. The number of ether oxygens (including phenoxy) is 1. The third kappa shape index (κ3) is 2.84. The maximum atomic E-state index is 5.61. The number of hydrogen-bond donors (Lipinski definition) is 2. The van der Waals surface area contributed by atoms with Gasteiger partial charge in [0.1, 0.15) is 5.75 Å². The smallest absolute Gasteiger partial charge is 0.137 e. The molecule has 3 N–H and O–H groups in total. The minimum absolute atomic E-state index is 0.0832. The summed E-state index contributed by atoms with van der Waals surface area (Å²) in [5, 5.41) is 2.05. The second-order valence-electron chi connectivity index (χ2n) is 3.44. The molecular formula is C11H12BrN3OS. The molecule has 0 saturated carbocycles. The molecule has 0 spiro atoms. The van der Waals surface area contributed by atoms with Crippen molar-refractivity contribution in [3.63, 3.8) is 0 Å². The van der Waals surface area contributed by atoms with Crippen LogP contribution in [0.3, 0.4) is 0 Å². The zero-order valence-corrected chi connectivity index (χ0v) is 11.6. The van der Waals surface area contributed by atoms with Crippen molar-refractivity contribution in [3.05, 3.63) is 44.8 Å². The molecule has 2 heterocycles. The van der Waals surface area contributed by atoms with Crippen LogP contribution in [0, 0.1) is 0 Å². The molecule has 0 bridgehead atoms. The number of halogens is 1. The molecule has 1 unspecified atom stereocenters. The highest BCUT2D eigenvalue weighted by molar-refractivity contribution is 9.11. The Labute approximate surface area is 112 Å². The Bertz CT molecular complexity index is 503. The van der Waals surface area contributed by atoms with Crippen LogP contribution in [0.1, 0.15) is 17.2 Å². The van der Waals surface area contributed by atoms with Crippen molar-refractivity contribution in [2.45, 2.75) is 6.04 Å². The lowest BCUT2D eigenvalue weighted by atomic mass is 10.0. The number of hydrazine groups is 1. The molecule has 0 aliphatic heterocycles. The number of thiophene rings is 1. The van der Waals surface area contributed by atoms with Crippen LogP contribution in [0.4, 0.5) is 0 Å². The number of nitrogens with one attached hydrogen (secondary N) is 1. The van der Waals surface area contributed by atoms with Crippen LogP contribution in [-0.2, 0) is 0 Å². The van der Waals surface area contributed by atoms with E-state index in [0.717, 1.165) is 20.7 Å². The Morgan fingerprint density at radius 2 is 2.24 bits per heavy atom. The number of hydrogen-bond acceptors (Lipinski definition) is 5. The van der Waals surface area contributed by atoms with Gasteiger partial charge in [0, 0.05) is 6.20 Å². The molecular weight excluding hydrogens is 302 g/mol. The van der Waals surface area contributed by atoms with Crippen molar-refractivity contribution in [2.75, 3.05) is 7.11 Å². The summed E-state index contributed by atoms with van der Waals surface area (Å²) >= 11 is 5.06. The highest BCUT2D eigenvalue weighted by Crippen LogP contribution is 2.29. The topological polar surface area (TPSA) is 60.2 Å². The molecule has 4 nitrogen and oxygen atoms in total. The van der Waals surface area contributed by atoms with E-state index in [9.17, 15) is 0 Å². The summed E-state index contributed by atoms with van der Waals surface area (Å²) in [6.07, 6.45) is 3.44. The van der Waals surface area contributed by atoms with Crippen LogP contribution in [-0.4, -0.2) is 12.1 Å². The molecule has 0 aliphatic carbocycles. The molecule has 2 rings (SSSR count). The summed E-state index contributed by atoms with van der Waals surface area (Å²) in [6.45, 7) is 0. The lowest BCUT2D eigenvalue weighted by Gasteiger charge is -2.15. The van der Waals surface area contributed by atoms with Gasteiger partial charge in [-0.15, -0.1) is 11.3 Å². The monoisotopic (exact) mass is 313 g/mol. The Morgan fingerprint density at radius 3 is 2.82 bits per heavy atom. The summed E-state index contributed by atoms with van der Waals surface area (Å²) in [5.74, 6) is 6.33. The number of methoxy groups -OCH3 is 1. The predicted molar refractivity (Wildman–Crippen MR) is 72.0 cm³/mol. The van der Waals surface area contributed by atoms with E-state index in [-0.39, 0.29) is 6.04 Å². The van der Waals surface area contributed by atoms with Gasteiger partial charge >= 0.3 is 0 Å². The SMILES string of the molecule is COc1cncc(C(NN)c2csc(Br)c2)c1. The maximum absolute atomic E-state index is 5.61. The van der Waals surface area contributed by atoms with Gasteiger partial charge in [0.05, 0.1) is 23.1 Å². The average Bonchev–Trinajstić information content (AvgIpc) is 2.77. The lowest BCUT2D eigenvalue weighted by Crippen LogP contribution is -2.28. The molecule has 0 saturated heterocycles. The van der Waals surface area contributed by atoms with Crippen molar-refractivity contribution in [1.82, 2.24) is 10.4 Å². The summed E-state index contributed by atoms with van der Waals surface area (Å²) in [5.41, 5.74) is 4.86. The first-order valence-corrected chi connectivity index (χ1v) is 6.61. The molecule has 2 aromatic heterocycles. The fraction of sp³-hybridized carbons (Fsp3) is 0.182. The lowest BCUT2D eigenvalue weighted by molar-refractivity contribution is 0.411. The molecule has 6 heteroatoms. The van der Waals surface area contributed by atoms with Gasteiger partial charge in [-0.25, -0.2) is 5.43 Å². The maximum Gasteiger partial charge on any atom is 0.137 e. The van der Waals surface area contributed by atoms with Gasteiger partial charge in [0.15, 0.2) is 0 Å². The molecule has 1 atom stereocenters. The molecule has 2 aromatic rings. The van der Waals surface area contributed by atoms with Crippen molar-refractivity contribution in [2.24, 2.45) is 5.84 Å². The van der Waals surface area contributed by atoms with Crippen LogP contribution in [0.2, 0.25) is 0 Å². The second-order valence-corrected chi connectivity index (χ2v) is 5.73. The van der Waals surface area contributed by atoms with Crippen LogP contribution < -0.4 is 16.0 Å². The Hall–Kier alpha value is -0.950. The number of nitrogens with two attached hydrogens (primary N) is 1. The number of aromatic nitrogens is 1. The fourth-order valence-electron chi connectivity index (χ4n) is 1.56. The number of pyridine rings is 1. The minimum Gasteiger partial charge on any atom is -0.495 e. The Balaban J connectivity index is 2.34. The largest absolute Gasteiger partial charge is 0.495 e. The highest BCUT2D eigenvalue weighted by atomic mass is 79.9. The van der Waals surface area contributed by atoms with Crippen LogP contribution in [0.25, 0.3) is 0 Å². The molecule has 0 fully saturated rings. The third-order valence-electron chi connectivity index (χ3n) is 2.39. The molecule has 17 heavy (non-hydrogen) atoms. The van der Waals surface area contributed by atoms with Crippen LogP contribution in [0.5, 0.6) is 5.75 Å².